The molecule has 6 nitrogen and oxygen atoms in total. The van der Waals surface area contributed by atoms with Gasteiger partial charge in [0.2, 0.25) is 0 Å². The number of nitrogens with one attached hydrogen (secondary N) is 2. The molecule has 1 unspecified atom stereocenters. The first-order valence-corrected chi connectivity index (χ1v) is 5.79. The standard InChI is InChI=1S/C10H13ClN4O2/c11-9-3-8(15(16)17)6-14-10(9)13-5-7-1-2-12-4-7/h3,6-7,12H,1-2,4-5H2,(H,13,14). The van der Waals surface area contributed by atoms with E-state index < -0.39 is 4.92 Å². The van der Waals surface area contributed by atoms with Crippen molar-refractivity contribution in [3.63, 3.8) is 0 Å². The summed E-state index contributed by atoms with van der Waals surface area (Å²) >= 11 is 5.91. The van der Waals surface area contributed by atoms with E-state index in [0.29, 0.717) is 11.7 Å². The SMILES string of the molecule is O=[N+]([O-])c1cnc(NCC2CCNC2)c(Cl)c1. The molecule has 1 aromatic heterocycles. The van der Waals surface area contributed by atoms with Crippen molar-refractivity contribution in [2.75, 3.05) is 25.0 Å². The van der Waals surface area contributed by atoms with Gasteiger partial charge in [0.1, 0.15) is 12.0 Å². The minimum absolute atomic E-state index is 0.0944. The van der Waals surface area contributed by atoms with E-state index >= 15 is 0 Å². The van der Waals surface area contributed by atoms with E-state index in [1.807, 2.05) is 0 Å². The highest BCUT2D eigenvalue weighted by Gasteiger charge is 2.16. The fourth-order valence-electron chi connectivity index (χ4n) is 1.79. The van der Waals surface area contributed by atoms with Crippen LogP contribution in [0.2, 0.25) is 5.02 Å². The predicted molar refractivity (Wildman–Crippen MR) is 65.4 cm³/mol. The molecule has 0 bridgehead atoms. The fourth-order valence-corrected chi connectivity index (χ4v) is 2.01. The Hall–Kier alpha value is -1.40. The predicted octanol–water partition coefficient (Wildman–Crippen LogP) is 1.66. The number of nitro groups is 1. The van der Waals surface area contributed by atoms with Crippen molar-refractivity contribution in [1.29, 1.82) is 0 Å². The quantitative estimate of drug-likeness (QED) is 0.633. The van der Waals surface area contributed by atoms with Crippen LogP contribution in [0.4, 0.5) is 11.5 Å². The van der Waals surface area contributed by atoms with Crippen molar-refractivity contribution in [3.8, 4) is 0 Å². The topological polar surface area (TPSA) is 80.1 Å². The first kappa shape index (κ1) is 12.1. The van der Waals surface area contributed by atoms with E-state index in [9.17, 15) is 10.1 Å². The summed E-state index contributed by atoms with van der Waals surface area (Å²) in [6.45, 7) is 2.79. The van der Waals surface area contributed by atoms with E-state index in [1.165, 1.54) is 12.3 Å². The first-order valence-electron chi connectivity index (χ1n) is 5.41. The van der Waals surface area contributed by atoms with Gasteiger partial charge in [-0.3, -0.25) is 10.1 Å². The second-order valence-electron chi connectivity index (χ2n) is 4.02. The lowest BCUT2D eigenvalue weighted by molar-refractivity contribution is -0.385. The van der Waals surface area contributed by atoms with Crippen molar-refractivity contribution < 1.29 is 4.92 Å². The van der Waals surface area contributed by atoms with Crippen LogP contribution in [0, 0.1) is 16.0 Å². The zero-order chi connectivity index (χ0) is 12.3. The minimum Gasteiger partial charge on any atom is -0.369 e. The maximum absolute atomic E-state index is 10.5. The smallest absolute Gasteiger partial charge is 0.289 e. The highest BCUT2D eigenvalue weighted by atomic mass is 35.5. The Labute approximate surface area is 104 Å². The lowest BCUT2D eigenvalue weighted by atomic mass is 10.1. The largest absolute Gasteiger partial charge is 0.369 e. The number of rotatable bonds is 4. The van der Waals surface area contributed by atoms with Gasteiger partial charge in [-0.25, -0.2) is 4.98 Å². The fraction of sp³-hybridized carbons (Fsp3) is 0.500. The second kappa shape index (κ2) is 5.29. The molecule has 0 aliphatic carbocycles. The zero-order valence-electron chi connectivity index (χ0n) is 9.15. The first-order chi connectivity index (χ1) is 8.16. The Kier molecular flexibility index (Phi) is 3.75. The van der Waals surface area contributed by atoms with Gasteiger partial charge >= 0.3 is 0 Å². The molecule has 2 heterocycles. The number of pyridine rings is 1. The van der Waals surface area contributed by atoms with Crippen LogP contribution in [0.1, 0.15) is 6.42 Å². The summed E-state index contributed by atoms with van der Waals surface area (Å²) in [4.78, 5) is 14.0. The number of hydrogen-bond donors (Lipinski definition) is 2. The molecule has 1 atom stereocenters. The minimum atomic E-state index is -0.510. The summed E-state index contributed by atoms with van der Waals surface area (Å²) in [7, 11) is 0. The maximum Gasteiger partial charge on any atom is 0.289 e. The summed E-state index contributed by atoms with van der Waals surface area (Å²) in [6, 6.07) is 1.31. The van der Waals surface area contributed by atoms with Crippen LogP contribution < -0.4 is 10.6 Å². The van der Waals surface area contributed by atoms with Crippen LogP contribution in [0.15, 0.2) is 12.3 Å². The maximum atomic E-state index is 10.5. The van der Waals surface area contributed by atoms with Gasteiger partial charge in [-0.15, -0.1) is 0 Å². The third-order valence-corrected chi connectivity index (χ3v) is 3.05. The van der Waals surface area contributed by atoms with Gasteiger partial charge in [0.05, 0.1) is 9.95 Å². The van der Waals surface area contributed by atoms with Crippen molar-refractivity contribution >= 4 is 23.1 Å². The van der Waals surface area contributed by atoms with Crippen LogP contribution in [0.25, 0.3) is 0 Å². The normalized spacial score (nSPS) is 19.2. The van der Waals surface area contributed by atoms with Crippen LogP contribution in [-0.2, 0) is 0 Å². The van der Waals surface area contributed by atoms with Crippen molar-refractivity contribution in [2.45, 2.75) is 6.42 Å². The van der Waals surface area contributed by atoms with Crippen molar-refractivity contribution in [2.24, 2.45) is 5.92 Å². The van der Waals surface area contributed by atoms with E-state index in [1.54, 1.807) is 0 Å². The summed E-state index contributed by atoms with van der Waals surface area (Å²) in [6.07, 6.45) is 2.33. The molecular formula is C10H13ClN4O2. The third kappa shape index (κ3) is 3.04. The van der Waals surface area contributed by atoms with Crippen LogP contribution in [0.5, 0.6) is 0 Å². The number of nitrogens with zero attached hydrogens (tertiary/aromatic N) is 2. The highest BCUT2D eigenvalue weighted by Crippen LogP contribution is 2.24. The summed E-state index contributed by atoms with van der Waals surface area (Å²) in [5, 5.41) is 17.2. The van der Waals surface area contributed by atoms with Gasteiger partial charge in [-0.1, -0.05) is 11.6 Å². The average molecular weight is 257 g/mol. The molecule has 1 fully saturated rings. The van der Waals surface area contributed by atoms with Crippen LogP contribution in [-0.4, -0.2) is 29.5 Å². The molecule has 0 saturated carbocycles. The molecular weight excluding hydrogens is 244 g/mol. The lowest BCUT2D eigenvalue weighted by Gasteiger charge is -2.11. The lowest BCUT2D eigenvalue weighted by Crippen LogP contribution is -2.17. The molecule has 1 aromatic rings. The van der Waals surface area contributed by atoms with Crippen molar-refractivity contribution in [1.82, 2.24) is 10.3 Å². The van der Waals surface area contributed by atoms with E-state index in [0.717, 1.165) is 26.1 Å². The van der Waals surface area contributed by atoms with Gasteiger partial charge in [0, 0.05) is 12.6 Å². The molecule has 2 rings (SSSR count). The molecule has 92 valence electrons. The molecule has 1 saturated heterocycles. The Balaban J connectivity index is 1.98. The summed E-state index contributed by atoms with van der Waals surface area (Å²) < 4.78 is 0. The molecule has 17 heavy (non-hydrogen) atoms. The van der Waals surface area contributed by atoms with E-state index in [2.05, 4.69) is 15.6 Å². The Morgan fingerprint density at radius 3 is 3.12 bits per heavy atom. The number of aromatic nitrogens is 1. The third-order valence-electron chi connectivity index (χ3n) is 2.76. The van der Waals surface area contributed by atoms with E-state index in [-0.39, 0.29) is 10.7 Å². The molecule has 0 radical (unpaired) electrons. The van der Waals surface area contributed by atoms with Gasteiger partial charge < -0.3 is 10.6 Å². The van der Waals surface area contributed by atoms with Gasteiger partial charge in [0.25, 0.3) is 5.69 Å². The van der Waals surface area contributed by atoms with Gasteiger partial charge in [-0.05, 0) is 25.4 Å². The van der Waals surface area contributed by atoms with Crippen molar-refractivity contribution in [3.05, 3.63) is 27.4 Å². The summed E-state index contributed by atoms with van der Waals surface area (Å²) in [5.74, 6) is 1.06. The Morgan fingerprint density at radius 1 is 1.71 bits per heavy atom. The molecule has 1 aliphatic rings. The molecule has 2 N–H and O–H groups in total. The average Bonchev–Trinajstić information content (AvgIpc) is 2.80. The van der Waals surface area contributed by atoms with Gasteiger partial charge in [0.15, 0.2) is 0 Å². The Bertz CT molecular complexity index is 421. The van der Waals surface area contributed by atoms with E-state index in [4.69, 9.17) is 11.6 Å². The zero-order valence-corrected chi connectivity index (χ0v) is 9.91. The Morgan fingerprint density at radius 2 is 2.53 bits per heavy atom. The number of anilines is 1. The molecule has 1 aliphatic heterocycles. The summed E-state index contributed by atoms with van der Waals surface area (Å²) in [5.41, 5.74) is -0.0944. The molecule has 0 aromatic carbocycles. The molecule has 7 heteroatoms. The monoisotopic (exact) mass is 256 g/mol. The second-order valence-corrected chi connectivity index (χ2v) is 4.43. The van der Waals surface area contributed by atoms with Crippen LogP contribution >= 0.6 is 11.6 Å². The van der Waals surface area contributed by atoms with Gasteiger partial charge in [-0.2, -0.15) is 0 Å². The number of halogens is 1. The molecule has 0 amide bonds. The number of hydrogen-bond acceptors (Lipinski definition) is 5. The highest BCUT2D eigenvalue weighted by molar-refractivity contribution is 6.33. The molecule has 0 spiro atoms. The van der Waals surface area contributed by atoms with Crippen LogP contribution in [0.3, 0.4) is 0 Å².